The van der Waals surface area contributed by atoms with Crippen LogP contribution >= 0.6 is 0 Å². The summed E-state index contributed by atoms with van der Waals surface area (Å²) in [5.41, 5.74) is -0.379. The Kier molecular flexibility index (Phi) is 7.88. The first-order chi connectivity index (χ1) is 13.1. The molecule has 0 saturated heterocycles. The fraction of sp³-hybridized carbons (Fsp3) is 0.458. The molecule has 0 aliphatic carbocycles. The highest BCUT2D eigenvalue weighted by molar-refractivity contribution is 5.92. The summed E-state index contributed by atoms with van der Waals surface area (Å²) in [7, 11) is 1.54. The third-order valence-electron chi connectivity index (χ3n) is 5.10. The lowest BCUT2D eigenvalue weighted by Gasteiger charge is -2.29. The number of esters is 1. The number of terminal acetylenes is 1. The van der Waals surface area contributed by atoms with Crippen molar-refractivity contribution in [2.75, 3.05) is 7.11 Å². The van der Waals surface area contributed by atoms with Crippen LogP contribution < -0.4 is 0 Å². The molecule has 0 unspecified atom stereocenters. The molecule has 27 heavy (non-hydrogen) atoms. The van der Waals surface area contributed by atoms with Crippen LogP contribution in [0.5, 0.6) is 0 Å². The first-order valence-electron chi connectivity index (χ1n) is 9.74. The number of hydrogen-bond acceptors (Lipinski definition) is 3. The van der Waals surface area contributed by atoms with Crippen LogP contribution in [0.2, 0.25) is 0 Å². The molecule has 0 aromatic heterocycles. The molecule has 0 heterocycles. The number of unbranched alkanes of at least 4 members (excludes halogenated alkanes) is 3. The fourth-order valence-electron chi connectivity index (χ4n) is 3.34. The average molecular weight is 367 g/mol. The zero-order chi connectivity index (χ0) is 19.7. The predicted octanol–water partition coefficient (Wildman–Crippen LogP) is 5.61. The van der Waals surface area contributed by atoms with Crippen molar-refractivity contribution in [3.63, 3.8) is 0 Å². The van der Waals surface area contributed by atoms with Crippen molar-refractivity contribution in [3.05, 3.63) is 48.0 Å². The van der Waals surface area contributed by atoms with Crippen LogP contribution in [-0.4, -0.2) is 19.2 Å². The molecule has 0 spiro atoms. The summed E-state index contributed by atoms with van der Waals surface area (Å²) in [5.74, 6) is 2.24. The van der Waals surface area contributed by atoms with E-state index >= 15 is 0 Å². The monoisotopic (exact) mass is 366 g/mol. The summed E-state index contributed by atoms with van der Waals surface area (Å²) in [6.45, 7) is 3.94. The van der Waals surface area contributed by atoms with Gasteiger partial charge in [-0.1, -0.05) is 68.7 Å². The van der Waals surface area contributed by atoms with Crippen molar-refractivity contribution < 1.29 is 14.3 Å². The van der Waals surface area contributed by atoms with Gasteiger partial charge in [0.2, 0.25) is 0 Å². The van der Waals surface area contributed by atoms with Gasteiger partial charge in [0.25, 0.3) is 0 Å². The van der Waals surface area contributed by atoms with Gasteiger partial charge in [-0.3, -0.25) is 0 Å². The summed E-state index contributed by atoms with van der Waals surface area (Å²) < 4.78 is 11.5. The molecule has 0 aliphatic rings. The molecule has 0 radical (unpaired) electrons. The Balaban J connectivity index is 2.23. The van der Waals surface area contributed by atoms with Crippen LogP contribution in [0.15, 0.2) is 42.5 Å². The number of carbonyl (C=O) groups is 1. The zero-order valence-electron chi connectivity index (χ0n) is 16.7. The normalized spacial score (nSPS) is 14.3. The number of carbonyl (C=O) groups excluding carboxylic acids is 1. The highest BCUT2D eigenvalue weighted by atomic mass is 16.6. The van der Waals surface area contributed by atoms with Crippen molar-refractivity contribution in [2.24, 2.45) is 0 Å². The molecular weight excluding hydrogens is 336 g/mol. The number of hydrogen-bond donors (Lipinski definition) is 0. The quantitative estimate of drug-likeness (QED) is 0.312. The van der Waals surface area contributed by atoms with Crippen LogP contribution in [0.25, 0.3) is 10.8 Å². The Morgan fingerprint density at radius 1 is 1.15 bits per heavy atom. The Morgan fingerprint density at radius 2 is 1.89 bits per heavy atom. The molecule has 0 fully saturated rings. The van der Waals surface area contributed by atoms with Gasteiger partial charge >= 0.3 is 5.97 Å². The van der Waals surface area contributed by atoms with Crippen molar-refractivity contribution in [2.45, 2.75) is 64.1 Å². The van der Waals surface area contributed by atoms with Crippen LogP contribution in [-0.2, 0) is 19.9 Å². The largest absolute Gasteiger partial charge is 0.459 e. The Bertz CT molecular complexity index is 784. The minimum atomic E-state index is -1.18. The van der Waals surface area contributed by atoms with Crippen molar-refractivity contribution in [1.82, 2.24) is 0 Å². The minimum absolute atomic E-state index is 0.274. The summed E-state index contributed by atoms with van der Waals surface area (Å²) >= 11 is 0. The summed E-state index contributed by atoms with van der Waals surface area (Å²) in [6.07, 6.45) is 10.9. The molecule has 2 aromatic carbocycles. The van der Waals surface area contributed by atoms with E-state index in [1.165, 1.54) is 12.8 Å². The molecule has 3 heteroatoms. The number of ether oxygens (including phenoxy) is 2. The van der Waals surface area contributed by atoms with Gasteiger partial charge in [0.05, 0.1) is 0 Å². The highest BCUT2D eigenvalue weighted by Gasteiger charge is 2.39. The number of methoxy groups -OCH3 is 1. The van der Waals surface area contributed by atoms with Crippen LogP contribution in [0.4, 0.5) is 0 Å². The van der Waals surface area contributed by atoms with Gasteiger partial charge in [-0.05, 0) is 30.5 Å². The topological polar surface area (TPSA) is 35.5 Å². The van der Waals surface area contributed by atoms with Crippen molar-refractivity contribution in [1.29, 1.82) is 0 Å². The fourth-order valence-corrected chi connectivity index (χ4v) is 3.34. The van der Waals surface area contributed by atoms with Gasteiger partial charge < -0.3 is 9.47 Å². The molecule has 0 saturated carbocycles. The highest BCUT2D eigenvalue weighted by Crippen LogP contribution is 2.33. The number of fused-ring (bicyclic) bond motifs is 1. The molecule has 2 aromatic rings. The molecule has 0 amide bonds. The third-order valence-corrected chi connectivity index (χ3v) is 5.10. The van der Waals surface area contributed by atoms with E-state index in [0.717, 1.165) is 35.6 Å². The van der Waals surface area contributed by atoms with Crippen molar-refractivity contribution in [3.8, 4) is 12.3 Å². The van der Waals surface area contributed by atoms with Crippen molar-refractivity contribution >= 4 is 16.7 Å². The molecule has 0 N–H and O–H groups in total. The second-order valence-electron chi connectivity index (χ2n) is 7.05. The molecule has 2 rings (SSSR count). The first-order valence-corrected chi connectivity index (χ1v) is 9.74. The second kappa shape index (κ2) is 10.1. The van der Waals surface area contributed by atoms with Gasteiger partial charge in [0.1, 0.15) is 6.10 Å². The van der Waals surface area contributed by atoms with E-state index in [9.17, 15) is 4.79 Å². The molecule has 0 bridgehead atoms. The van der Waals surface area contributed by atoms with E-state index in [4.69, 9.17) is 15.9 Å². The number of benzene rings is 2. The van der Waals surface area contributed by atoms with Gasteiger partial charge in [0, 0.05) is 19.1 Å². The summed E-state index contributed by atoms with van der Waals surface area (Å²) in [5, 5.41) is 2.04. The predicted molar refractivity (Wildman–Crippen MR) is 110 cm³/mol. The smallest absolute Gasteiger partial charge is 0.343 e. The lowest BCUT2D eigenvalue weighted by molar-refractivity contribution is -0.174. The summed E-state index contributed by atoms with van der Waals surface area (Å²) in [6, 6.07) is 13.8. The van der Waals surface area contributed by atoms with Gasteiger partial charge in [-0.15, -0.1) is 12.3 Å². The Hall–Kier alpha value is -2.31. The molecule has 2 atom stereocenters. The maximum Gasteiger partial charge on any atom is 0.343 e. The molecule has 144 valence electrons. The lowest BCUT2D eigenvalue weighted by Crippen LogP contribution is -2.38. The van der Waals surface area contributed by atoms with Crippen LogP contribution in [0.3, 0.4) is 0 Å². The van der Waals surface area contributed by atoms with E-state index in [1.807, 2.05) is 42.5 Å². The summed E-state index contributed by atoms with van der Waals surface area (Å²) in [4.78, 5) is 13.1. The van der Waals surface area contributed by atoms with Gasteiger partial charge in [-0.25, -0.2) is 4.79 Å². The van der Waals surface area contributed by atoms with E-state index in [-0.39, 0.29) is 6.10 Å². The van der Waals surface area contributed by atoms with Gasteiger partial charge in [-0.2, -0.15) is 0 Å². The SMILES string of the molecule is C#CC[C@H](CCCCCC)OC(=O)[C@](C)(OC)c1cccc2ccccc12. The molecule has 0 aliphatic heterocycles. The Morgan fingerprint density at radius 3 is 2.59 bits per heavy atom. The van der Waals surface area contributed by atoms with Crippen LogP contribution in [0, 0.1) is 12.3 Å². The maximum absolute atomic E-state index is 13.1. The second-order valence-corrected chi connectivity index (χ2v) is 7.05. The van der Waals surface area contributed by atoms with Gasteiger partial charge in [0.15, 0.2) is 5.60 Å². The van der Waals surface area contributed by atoms with E-state index in [0.29, 0.717) is 6.42 Å². The minimum Gasteiger partial charge on any atom is -0.459 e. The average Bonchev–Trinajstić information content (AvgIpc) is 2.70. The van der Waals surface area contributed by atoms with E-state index in [2.05, 4.69) is 12.8 Å². The Labute approximate surface area is 163 Å². The zero-order valence-corrected chi connectivity index (χ0v) is 16.7. The molecular formula is C24H30O3. The van der Waals surface area contributed by atoms with Crippen LogP contribution in [0.1, 0.15) is 57.9 Å². The van der Waals surface area contributed by atoms with E-state index in [1.54, 1.807) is 14.0 Å². The number of rotatable bonds is 10. The third kappa shape index (κ3) is 5.11. The first kappa shape index (κ1) is 21.0. The van der Waals surface area contributed by atoms with E-state index < -0.39 is 11.6 Å². The molecule has 3 nitrogen and oxygen atoms in total. The maximum atomic E-state index is 13.1. The lowest BCUT2D eigenvalue weighted by atomic mass is 9.90. The standard InChI is InChI=1S/C24H30O3/c1-5-7-8-9-16-20(13-6-2)27-23(25)24(3,26-4)22-18-12-15-19-14-10-11-17-21(19)22/h2,10-12,14-15,17-18,20H,5,7-9,13,16H2,1,3-4H3/t20-,24-/m1/s1.